The number of aliphatic imine (C=N–C) groups is 1. The van der Waals surface area contributed by atoms with Crippen LogP contribution >= 0.6 is 11.6 Å². The fraction of sp³-hybridized carbons (Fsp3) is 0.342. The molecule has 1 aliphatic rings. The van der Waals surface area contributed by atoms with Gasteiger partial charge >= 0.3 is 0 Å². The van der Waals surface area contributed by atoms with E-state index in [1.54, 1.807) is 31.3 Å². The smallest absolute Gasteiger partial charge is 0.289 e. The van der Waals surface area contributed by atoms with Gasteiger partial charge in [0.1, 0.15) is 47.1 Å². The van der Waals surface area contributed by atoms with Gasteiger partial charge in [0.15, 0.2) is 0 Å². The summed E-state index contributed by atoms with van der Waals surface area (Å²) >= 11 is 5.11. The summed E-state index contributed by atoms with van der Waals surface area (Å²) in [5, 5.41) is 18.2. The Morgan fingerprint density at radius 1 is 1.18 bits per heavy atom. The monoisotopic (exact) mass is 814 g/mol. The maximum Gasteiger partial charge on any atom is 0.289 e. The minimum absolute atomic E-state index is 0.112. The first-order valence-electron chi connectivity index (χ1n) is 17.0. The number of hydrogen-bond donors (Lipinski definition) is 4. The highest BCUT2D eigenvalue weighted by Gasteiger charge is 2.45. The number of anilines is 1. The zero-order valence-electron chi connectivity index (χ0n) is 31.2. The van der Waals surface area contributed by atoms with Gasteiger partial charge in [0.2, 0.25) is 11.7 Å². The van der Waals surface area contributed by atoms with Crippen LogP contribution in [0.4, 0.5) is 23.4 Å². The largest absolute Gasteiger partial charge is 0.593 e. The summed E-state index contributed by atoms with van der Waals surface area (Å²) in [4.78, 5) is 36.1. The number of fused-ring (bicyclic) bond motifs is 1. The predicted molar refractivity (Wildman–Crippen MR) is 207 cm³/mol. The molecule has 2 aromatic heterocycles. The van der Waals surface area contributed by atoms with E-state index in [0.717, 1.165) is 17.0 Å². The number of rotatable bonds is 10. The molecule has 0 spiro atoms. The fourth-order valence-corrected chi connectivity index (χ4v) is 6.87. The summed E-state index contributed by atoms with van der Waals surface area (Å²) in [7, 11) is 4.46. The highest BCUT2D eigenvalue weighted by Crippen LogP contribution is 2.40. The molecular formula is C38H39ClF4N8O4S. The second kappa shape index (κ2) is 16.5. The number of nitrogens with two attached hydrogens (primary N) is 1. The van der Waals surface area contributed by atoms with Crippen molar-refractivity contribution in [1.82, 2.24) is 25.0 Å². The average Bonchev–Trinajstić information content (AvgIpc) is 3.58. The van der Waals surface area contributed by atoms with Gasteiger partial charge in [-0.2, -0.15) is 18.6 Å². The predicted octanol–water partition coefficient (Wildman–Crippen LogP) is 4.97. The third-order valence-electron chi connectivity index (χ3n) is 8.58. The van der Waals surface area contributed by atoms with Crippen molar-refractivity contribution in [3.8, 4) is 23.0 Å². The number of aromatic nitrogens is 3. The van der Waals surface area contributed by atoms with Gasteiger partial charge in [0.05, 0.1) is 39.0 Å². The number of amides is 2. The lowest BCUT2D eigenvalue weighted by molar-refractivity contribution is -0.124. The molecule has 4 aromatic rings. The topological polar surface area (TPSA) is 174 Å². The quantitative estimate of drug-likeness (QED) is 0.0753. The van der Waals surface area contributed by atoms with Crippen molar-refractivity contribution in [2.75, 3.05) is 31.6 Å². The molecule has 0 radical (unpaired) electrons. The van der Waals surface area contributed by atoms with Crippen LogP contribution in [0.15, 0.2) is 58.7 Å². The SMILES string of the molecule is CN(C)C(=O)C(N)=C1CCC(F)(F)C1=NCC(=O)N[C@@H](Cc1cc(F)cc(F)c1)c1nc(C#CC(C)(C)O)ccc1-c1ccc(Cl)c2c(N[S+](C)[O-])nn(C)c12. The number of pyridine rings is 1. The first-order valence-corrected chi connectivity index (χ1v) is 19.0. The number of nitrogens with one attached hydrogen (secondary N) is 2. The Kier molecular flexibility index (Phi) is 12.4. The summed E-state index contributed by atoms with van der Waals surface area (Å²) in [6, 6.07) is 8.09. The molecule has 5 N–H and O–H groups in total. The second-order valence-corrected chi connectivity index (χ2v) is 15.4. The molecule has 0 saturated heterocycles. The maximum atomic E-state index is 15.1. The van der Waals surface area contributed by atoms with Crippen LogP contribution in [0.3, 0.4) is 0 Å². The van der Waals surface area contributed by atoms with Gasteiger partial charge in [0, 0.05) is 50.3 Å². The number of carbonyl (C=O) groups is 2. The Morgan fingerprint density at radius 2 is 1.84 bits per heavy atom. The zero-order valence-corrected chi connectivity index (χ0v) is 32.8. The Balaban J connectivity index is 1.68. The molecule has 5 rings (SSSR count). The lowest BCUT2D eigenvalue weighted by Crippen LogP contribution is -2.34. The number of allylic oxidation sites excluding steroid dienone is 1. The van der Waals surface area contributed by atoms with Gasteiger partial charge in [-0.25, -0.2) is 13.8 Å². The molecule has 1 fully saturated rings. The fourth-order valence-electron chi connectivity index (χ4n) is 6.21. The minimum Gasteiger partial charge on any atom is -0.593 e. The van der Waals surface area contributed by atoms with Crippen LogP contribution in [0.1, 0.15) is 49.7 Å². The molecule has 0 aliphatic heterocycles. The van der Waals surface area contributed by atoms with Gasteiger partial charge in [-0.3, -0.25) is 19.3 Å². The van der Waals surface area contributed by atoms with Gasteiger partial charge in [-0.1, -0.05) is 23.6 Å². The number of carbonyl (C=O) groups excluding carboxylic acids is 2. The van der Waals surface area contributed by atoms with E-state index in [4.69, 9.17) is 22.3 Å². The van der Waals surface area contributed by atoms with Crippen molar-refractivity contribution in [3.05, 3.63) is 87.3 Å². The molecule has 0 bridgehead atoms. The van der Waals surface area contributed by atoms with Gasteiger partial charge in [-0.05, 0) is 68.5 Å². The van der Waals surface area contributed by atoms with E-state index in [0.29, 0.717) is 28.1 Å². The standard InChI is InChI=1S/C38H39ClF4N8O4S/c1-37(2,54)13-11-23-7-8-24(25-9-10-27(39)30-33(25)51(5)48-35(30)49-56(6)55)32(46-23)28(17-20-15-21(40)18-22(41)16-20)47-29(52)19-45-34-26(12-14-38(34,42)43)31(44)36(53)50(3)4/h7-10,15-16,18,28,54H,12,14,17,19,44H2,1-6H3,(H,47,52)(H,48,49)/t28-,56?/m0/s1. The van der Waals surface area contributed by atoms with Crippen LogP contribution in [0.5, 0.6) is 0 Å². The summed E-state index contributed by atoms with van der Waals surface area (Å²) in [6.07, 6.45) is 0.255. The van der Waals surface area contributed by atoms with E-state index in [1.165, 1.54) is 38.9 Å². The second-order valence-electron chi connectivity index (χ2n) is 13.8. The molecule has 2 amide bonds. The van der Waals surface area contributed by atoms with Crippen LogP contribution < -0.4 is 15.8 Å². The van der Waals surface area contributed by atoms with E-state index in [2.05, 4.69) is 32.0 Å². The van der Waals surface area contributed by atoms with Crippen LogP contribution in [-0.4, -0.2) is 85.3 Å². The normalized spacial score (nSPS) is 16.6. The van der Waals surface area contributed by atoms with Crippen LogP contribution in [-0.2, 0) is 34.4 Å². The first-order chi connectivity index (χ1) is 26.1. The number of hydrogen-bond acceptors (Lipinski definition) is 9. The van der Waals surface area contributed by atoms with Crippen molar-refractivity contribution in [2.45, 2.75) is 50.7 Å². The molecule has 1 unspecified atom stereocenters. The van der Waals surface area contributed by atoms with E-state index in [1.807, 2.05) is 0 Å². The molecule has 1 aliphatic carbocycles. The lowest BCUT2D eigenvalue weighted by Gasteiger charge is -2.22. The number of aliphatic hydroxyl groups is 1. The molecule has 2 atom stereocenters. The summed E-state index contributed by atoms with van der Waals surface area (Å²) in [5.41, 5.74) is 4.90. The number of likely N-dealkylation sites (N-methyl/N-ethyl adjacent to an activating group) is 1. The Morgan fingerprint density at radius 3 is 2.46 bits per heavy atom. The number of benzene rings is 2. The van der Waals surface area contributed by atoms with Crippen LogP contribution in [0, 0.1) is 23.5 Å². The Bertz CT molecular complexity index is 2310. The molecule has 2 aromatic carbocycles. The van der Waals surface area contributed by atoms with Crippen molar-refractivity contribution in [2.24, 2.45) is 17.8 Å². The van der Waals surface area contributed by atoms with E-state index >= 15 is 8.78 Å². The van der Waals surface area contributed by atoms with Crippen molar-refractivity contribution in [3.63, 3.8) is 0 Å². The average molecular weight is 815 g/mol. The van der Waals surface area contributed by atoms with E-state index in [9.17, 15) is 28.0 Å². The number of nitrogens with zero attached hydrogens (tertiary/aromatic N) is 5. The number of aryl methyl sites for hydroxylation is 1. The highest BCUT2D eigenvalue weighted by molar-refractivity contribution is 7.92. The van der Waals surface area contributed by atoms with Gasteiger partial charge in [-0.15, -0.1) is 0 Å². The number of halogens is 5. The van der Waals surface area contributed by atoms with Crippen LogP contribution in [0.25, 0.3) is 22.0 Å². The molecular weight excluding hydrogens is 776 g/mol. The minimum atomic E-state index is -3.48. The third-order valence-corrected chi connectivity index (χ3v) is 9.38. The Hall–Kier alpha value is -5.15. The number of alkyl halides is 2. The van der Waals surface area contributed by atoms with E-state index < -0.39 is 76.8 Å². The molecule has 12 nitrogen and oxygen atoms in total. The van der Waals surface area contributed by atoms with Crippen LogP contribution in [0.2, 0.25) is 5.02 Å². The zero-order chi connectivity index (χ0) is 41.3. The van der Waals surface area contributed by atoms with E-state index in [-0.39, 0.29) is 46.2 Å². The summed E-state index contributed by atoms with van der Waals surface area (Å²) in [5.74, 6) is -1.11. The maximum absolute atomic E-state index is 15.1. The highest BCUT2D eigenvalue weighted by atomic mass is 35.5. The van der Waals surface area contributed by atoms with Gasteiger partial charge in [0.25, 0.3) is 11.8 Å². The van der Waals surface area contributed by atoms with Crippen molar-refractivity contribution in [1.29, 1.82) is 0 Å². The Labute approximate surface area is 328 Å². The molecule has 296 valence electrons. The summed E-state index contributed by atoms with van der Waals surface area (Å²) < 4.78 is 75.7. The molecule has 18 heteroatoms. The first kappa shape index (κ1) is 42.0. The summed E-state index contributed by atoms with van der Waals surface area (Å²) in [6.45, 7) is 2.10. The van der Waals surface area contributed by atoms with Crippen molar-refractivity contribution < 1.29 is 36.8 Å². The lowest BCUT2D eigenvalue weighted by atomic mass is 9.93. The molecule has 2 heterocycles. The molecule has 56 heavy (non-hydrogen) atoms. The van der Waals surface area contributed by atoms with Crippen molar-refractivity contribution >= 4 is 57.2 Å². The third kappa shape index (κ3) is 9.62. The van der Waals surface area contributed by atoms with Gasteiger partial charge < -0.3 is 25.6 Å². The molecule has 1 saturated carbocycles.